The molecule has 2 heteroatoms. The molecule has 0 heterocycles. The van der Waals surface area contributed by atoms with Crippen molar-refractivity contribution >= 4 is 12.1 Å². The van der Waals surface area contributed by atoms with Gasteiger partial charge in [-0.25, -0.2) is 0 Å². The Morgan fingerprint density at radius 2 is 1.09 bits per heavy atom. The zero-order chi connectivity index (χ0) is 15.9. The first-order chi connectivity index (χ1) is 10.6. The van der Waals surface area contributed by atoms with Crippen LogP contribution in [0.1, 0.15) is 65.7 Å². The van der Waals surface area contributed by atoms with Crippen LogP contribution in [0.4, 0.5) is 0 Å². The van der Waals surface area contributed by atoms with E-state index in [1.807, 2.05) is 0 Å². The molecule has 22 heavy (non-hydrogen) atoms. The highest BCUT2D eigenvalue weighted by Crippen LogP contribution is 2.70. The molecule has 0 aromatic carbocycles. The van der Waals surface area contributed by atoms with Crippen LogP contribution in [-0.2, 0) is 9.59 Å². The fourth-order valence-corrected chi connectivity index (χ4v) is 7.12. The Morgan fingerprint density at radius 3 is 1.45 bits per heavy atom. The van der Waals surface area contributed by atoms with Gasteiger partial charge >= 0.3 is 0 Å². The summed E-state index contributed by atoms with van der Waals surface area (Å²) in [6.45, 7) is 4.50. The summed E-state index contributed by atoms with van der Waals surface area (Å²) in [7, 11) is 0. The smallest absolute Gasteiger partial charge is 0.126 e. The van der Waals surface area contributed by atoms with Crippen LogP contribution in [-0.4, -0.2) is 12.1 Å². The molecule has 0 amide bonds. The van der Waals surface area contributed by atoms with E-state index in [-0.39, 0.29) is 5.78 Å². The van der Waals surface area contributed by atoms with Gasteiger partial charge in [-0.3, -0.25) is 0 Å². The van der Waals surface area contributed by atoms with E-state index >= 15 is 0 Å². The SMILES string of the molecule is C1CC2CC1C1CC3C4CCC(C4)C3C21.CC(C)=O.CC=O. The molecule has 0 N–H and O–H groups in total. The van der Waals surface area contributed by atoms with Crippen molar-refractivity contribution in [2.45, 2.75) is 65.7 Å². The van der Waals surface area contributed by atoms with Gasteiger partial charge in [0.15, 0.2) is 0 Å². The minimum atomic E-state index is 0.167. The number of carbonyl (C=O) groups excluding carboxylic acids is 2. The molecule has 5 aliphatic carbocycles. The van der Waals surface area contributed by atoms with Crippen molar-refractivity contribution in [1.82, 2.24) is 0 Å². The van der Waals surface area contributed by atoms with Gasteiger partial charge in [0, 0.05) is 0 Å². The van der Waals surface area contributed by atoms with Crippen molar-refractivity contribution in [3.05, 3.63) is 0 Å². The number of ketones is 1. The molecule has 0 aromatic rings. The molecule has 8 atom stereocenters. The van der Waals surface area contributed by atoms with Crippen molar-refractivity contribution in [2.24, 2.45) is 47.3 Å². The molecule has 5 saturated carbocycles. The van der Waals surface area contributed by atoms with E-state index < -0.39 is 0 Å². The summed E-state index contributed by atoms with van der Waals surface area (Å²) < 4.78 is 0. The number of hydrogen-bond acceptors (Lipinski definition) is 2. The van der Waals surface area contributed by atoms with Crippen LogP contribution in [0, 0.1) is 47.3 Å². The Morgan fingerprint density at radius 1 is 0.773 bits per heavy atom. The molecule has 5 fully saturated rings. The first-order valence-electron chi connectivity index (χ1n) is 9.43. The van der Waals surface area contributed by atoms with Gasteiger partial charge in [0.2, 0.25) is 0 Å². The third kappa shape index (κ3) is 2.67. The average Bonchev–Trinajstić information content (AvgIpc) is 3.22. The van der Waals surface area contributed by atoms with Crippen molar-refractivity contribution < 1.29 is 9.59 Å². The minimum Gasteiger partial charge on any atom is -0.304 e. The predicted molar refractivity (Wildman–Crippen MR) is 88.3 cm³/mol. The Kier molecular flexibility index (Phi) is 4.75. The maximum absolute atomic E-state index is 9.44. The van der Waals surface area contributed by atoms with E-state index in [4.69, 9.17) is 4.79 Å². The van der Waals surface area contributed by atoms with Crippen LogP contribution < -0.4 is 0 Å². The minimum absolute atomic E-state index is 0.167. The normalized spacial score (nSPS) is 48.7. The summed E-state index contributed by atoms with van der Waals surface area (Å²) in [6.07, 6.45) is 12.2. The van der Waals surface area contributed by atoms with Crippen molar-refractivity contribution in [2.75, 3.05) is 0 Å². The van der Waals surface area contributed by atoms with Crippen LogP contribution in [0.15, 0.2) is 0 Å². The monoisotopic (exact) mass is 304 g/mol. The van der Waals surface area contributed by atoms with Gasteiger partial charge in [0.05, 0.1) is 0 Å². The molecule has 0 aliphatic heterocycles. The Labute approximate surface area is 135 Å². The standard InChI is InChI=1S/C15H22.C3H6O.C2H4O/c1-3-10-5-8(1)12-7-13-9-2-4-11(6-9)15(13)14(10)12;1-3(2)4;1-2-3/h8-15H,1-7H2;1-2H3;2H,1H3. The Balaban J connectivity index is 0.000000179. The zero-order valence-corrected chi connectivity index (χ0v) is 14.5. The summed E-state index contributed by atoms with van der Waals surface area (Å²) in [5.41, 5.74) is 0. The maximum Gasteiger partial charge on any atom is 0.126 e. The van der Waals surface area contributed by atoms with Crippen molar-refractivity contribution in [3.63, 3.8) is 0 Å². The lowest BCUT2D eigenvalue weighted by Crippen LogP contribution is -2.27. The summed E-state index contributed by atoms with van der Waals surface area (Å²) in [5.74, 6) is 9.90. The first kappa shape index (κ1) is 16.2. The predicted octanol–water partition coefficient (Wildman–Crippen LogP) is 4.52. The maximum atomic E-state index is 9.44. The lowest BCUT2D eigenvalue weighted by Gasteiger charge is -2.33. The van der Waals surface area contributed by atoms with Crippen molar-refractivity contribution in [1.29, 1.82) is 0 Å². The van der Waals surface area contributed by atoms with Gasteiger partial charge in [0.1, 0.15) is 12.1 Å². The number of hydrogen-bond donors (Lipinski definition) is 0. The van der Waals surface area contributed by atoms with E-state index in [2.05, 4.69) is 0 Å². The Bertz CT molecular complexity index is 395. The summed E-state index contributed by atoms with van der Waals surface area (Å²) >= 11 is 0. The highest BCUT2D eigenvalue weighted by atomic mass is 16.1. The number of fused-ring (bicyclic) bond motifs is 11. The molecule has 0 radical (unpaired) electrons. The van der Waals surface area contributed by atoms with E-state index in [9.17, 15) is 4.79 Å². The molecule has 5 rings (SSSR count). The van der Waals surface area contributed by atoms with Crippen molar-refractivity contribution in [3.8, 4) is 0 Å². The van der Waals surface area contributed by atoms with Crippen LogP contribution >= 0.6 is 0 Å². The molecular formula is C20H32O2. The largest absolute Gasteiger partial charge is 0.304 e. The van der Waals surface area contributed by atoms with Gasteiger partial charge in [0.25, 0.3) is 0 Å². The number of rotatable bonds is 0. The highest BCUT2D eigenvalue weighted by molar-refractivity contribution is 5.72. The second-order valence-electron chi connectivity index (χ2n) is 8.53. The fraction of sp³-hybridized carbons (Fsp3) is 0.900. The van der Waals surface area contributed by atoms with Gasteiger partial charge in [-0.2, -0.15) is 0 Å². The summed E-state index contributed by atoms with van der Waals surface area (Å²) in [6, 6.07) is 0. The number of aldehydes is 1. The molecule has 0 saturated heterocycles. The molecule has 124 valence electrons. The third-order valence-corrected chi connectivity index (χ3v) is 7.30. The third-order valence-electron chi connectivity index (χ3n) is 7.30. The van der Waals surface area contributed by atoms with Crippen LogP contribution in [0.3, 0.4) is 0 Å². The summed E-state index contributed by atoms with van der Waals surface area (Å²) in [5, 5.41) is 0. The average molecular weight is 304 g/mol. The highest BCUT2D eigenvalue weighted by Gasteiger charge is 2.63. The fourth-order valence-electron chi connectivity index (χ4n) is 7.12. The Hall–Kier alpha value is -0.660. The molecular weight excluding hydrogens is 272 g/mol. The molecule has 0 spiro atoms. The molecule has 5 aliphatic rings. The van der Waals surface area contributed by atoms with Crippen LogP contribution in [0.25, 0.3) is 0 Å². The van der Waals surface area contributed by atoms with Gasteiger partial charge < -0.3 is 9.59 Å². The second kappa shape index (κ2) is 6.45. The lowest BCUT2D eigenvalue weighted by molar-refractivity contribution is -0.115. The first-order valence-corrected chi connectivity index (χ1v) is 9.43. The second-order valence-corrected chi connectivity index (χ2v) is 8.53. The van der Waals surface area contributed by atoms with E-state index in [0.717, 1.165) is 6.29 Å². The summed E-state index contributed by atoms with van der Waals surface area (Å²) in [4.78, 5) is 18.2. The zero-order valence-electron chi connectivity index (χ0n) is 14.5. The molecule has 8 unspecified atom stereocenters. The van der Waals surface area contributed by atoms with E-state index in [0.29, 0.717) is 0 Å². The van der Waals surface area contributed by atoms with Crippen LogP contribution in [0.5, 0.6) is 0 Å². The molecule has 0 aromatic heterocycles. The van der Waals surface area contributed by atoms with Gasteiger partial charge in [-0.15, -0.1) is 0 Å². The molecule has 4 bridgehead atoms. The van der Waals surface area contributed by atoms with Gasteiger partial charge in [-0.1, -0.05) is 0 Å². The molecule has 2 nitrogen and oxygen atoms in total. The quantitative estimate of drug-likeness (QED) is 0.617. The van der Waals surface area contributed by atoms with Gasteiger partial charge in [-0.05, 0) is 113 Å². The van der Waals surface area contributed by atoms with E-state index in [1.54, 1.807) is 44.9 Å². The van der Waals surface area contributed by atoms with E-state index in [1.165, 1.54) is 68.1 Å². The van der Waals surface area contributed by atoms with Crippen LogP contribution in [0.2, 0.25) is 0 Å². The lowest BCUT2D eigenvalue weighted by atomic mass is 9.72. The topological polar surface area (TPSA) is 34.1 Å². The number of carbonyl (C=O) groups is 2. The number of Topliss-reactive ketones (excluding diaryl/α,β-unsaturated/α-hetero) is 1.